The highest BCUT2D eigenvalue weighted by molar-refractivity contribution is 7.99. The van der Waals surface area contributed by atoms with Crippen LogP contribution in [0.3, 0.4) is 0 Å². The predicted octanol–water partition coefficient (Wildman–Crippen LogP) is 4.78. The highest BCUT2D eigenvalue weighted by atomic mass is 35.5. The molecule has 0 aliphatic heterocycles. The molecule has 0 heterocycles. The fraction of sp³-hybridized carbons (Fsp3) is 0.625. The van der Waals surface area contributed by atoms with Crippen LogP contribution in [0.1, 0.15) is 32.8 Å². The van der Waals surface area contributed by atoms with E-state index >= 15 is 0 Å². The summed E-state index contributed by atoms with van der Waals surface area (Å²) in [5.74, 6) is 2.67. The summed E-state index contributed by atoms with van der Waals surface area (Å²) in [6.07, 6.45) is 1.78. The average molecular weight is 318 g/mol. The second-order valence-corrected chi connectivity index (χ2v) is 7.03. The lowest BCUT2D eigenvalue weighted by Gasteiger charge is -2.19. The summed E-state index contributed by atoms with van der Waals surface area (Å²) in [6, 6.07) is 5.09. The summed E-state index contributed by atoms with van der Waals surface area (Å²) in [7, 11) is 0. The summed E-state index contributed by atoms with van der Waals surface area (Å²) >= 11 is 7.89. The van der Waals surface area contributed by atoms with Crippen molar-refractivity contribution in [2.24, 2.45) is 5.92 Å². The summed E-state index contributed by atoms with van der Waals surface area (Å²) in [6.45, 7) is 7.55. The largest absolute Gasteiger partial charge is 0.313 e. The Kier molecular flexibility index (Phi) is 8.58. The standard InChI is InChI=1S/C16H25ClFNS/c1-4-7-19-15(11-20-10-12(2)3)9-13-8-14(17)5-6-16(13)18/h5-6,8,12,15,19H,4,7,9-11H2,1-3H3. The van der Waals surface area contributed by atoms with Crippen LogP contribution >= 0.6 is 23.4 Å². The van der Waals surface area contributed by atoms with Crippen LogP contribution in [0.4, 0.5) is 4.39 Å². The quantitative estimate of drug-likeness (QED) is 0.703. The van der Waals surface area contributed by atoms with Crippen molar-refractivity contribution in [2.75, 3.05) is 18.1 Å². The molecule has 0 radical (unpaired) electrons. The molecule has 0 aromatic heterocycles. The second-order valence-electron chi connectivity index (χ2n) is 5.52. The molecule has 1 aromatic carbocycles. The fourth-order valence-corrected chi connectivity index (χ4v) is 3.27. The molecule has 0 saturated heterocycles. The zero-order valence-corrected chi connectivity index (χ0v) is 14.2. The van der Waals surface area contributed by atoms with Gasteiger partial charge in [0.1, 0.15) is 5.82 Å². The van der Waals surface area contributed by atoms with E-state index in [4.69, 9.17) is 11.6 Å². The van der Waals surface area contributed by atoms with Crippen molar-refractivity contribution in [2.45, 2.75) is 39.7 Å². The number of hydrogen-bond donors (Lipinski definition) is 1. The van der Waals surface area contributed by atoms with Crippen LogP contribution in [0.5, 0.6) is 0 Å². The van der Waals surface area contributed by atoms with Gasteiger partial charge in [0.2, 0.25) is 0 Å². The van der Waals surface area contributed by atoms with Gasteiger partial charge in [-0.1, -0.05) is 32.4 Å². The number of benzene rings is 1. The lowest BCUT2D eigenvalue weighted by molar-refractivity contribution is 0.530. The minimum atomic E-state index is -0.161. The highest BCUT2D eigenvalue weighted by Crippen LogP contribution is 2.18. The second kappa shape index (κ2) is 9.64. The van der Waals surface area contributed by atoms with Crippen LogP contribution in [0.2, 0.25) is 5.02 Å². The first-order valence-corrected chi connectivity index (χ1v) is 8.81. The maximum atomic E-state index is 13.8. The Bertz CT molecular complexity index is 398. The normalized spacial score (nSPS) is 12.9. The maximum absolute atomic E-state index is 13.8. The summed E-state index contributed by atoms with van der Waals surface area (Å²) < 4.78 is 13.8. The molecule has 0 aliphatic carbocycles. The Balaban J connectivity index is 2.60. The molecule has 20 heavy (non-hydrogen) atoms. The Morgan fingerprint density at radius 1 is 1.30 bits per heavy atom. The molecule has 4 heteroatoms. The number of halogens is 2. The van der Waals surface area contributed by atoms with Gasteiger partial charge in [0, 0.05) is 16.8 Å². The third kappa shape index (κ3) is 6.96. The van der Waals surface area contributed by atoms with Gasteiger partial charge in [0.05, 0.1) is 0 Å². The summed E-state index contributed by atoms with van der Waals surface area (Å²) in [4.78, 5) is 0. The first kappa shape index (κ1) is 17.8. The van der Waals surface area contributed by atoms with Crippen LogP contribution in [-0.4, -0.2) is 24.1 Å². The molecular weight excluding hydrogens is 293 g/mol. The van der Waals surface area contributed by atoms with E-state index in [1.165, 1.54) is 6.07 Å². The molecule has 0 aliphatic rings. The molecule has 0 bridgehead atoms. The molecule has 1 nitrogen and oxygen atoms in total. The highest BCUT2D eigenvalue weighted by Gasteiger charge is 2.13. The number of rotatable bonds is 9. The monoisotopic (exact) mass is 317 g/mol. The molecule has 1 aromatic rings. The lowest BCUT2D eigenvalue weighted by Crippen LogP contribution is -2.34. The minimum Gasteiger partial charge on any atom is -0.313 e. The average Bonchev–Trinajstić information content (AvgIpc) is 2.39. The minimum absolute atomic E-state index is 0.161. The first-order valence-electron chi connectivity index (χ1n) is 7.28. The first-order chi connectivity index (χ1) is 9.52. The third-order valence-electron chi connectivity index (χ3n) is 2.93. The van der Waals surface area contributed by atoms with Crippen molar-refractivity contribution in [1.29, 1.82) is 0 Å². The van der Waals surface area contributed by atoms with E-state index in [1.807, 2.05) is 11.8 Å². The van der Waals surface area contributed by atoms with Gasteiger partial charge in [-0.3, -0.25) is 0 Å². The Morgan fingerprint density at radius 3 is 2.70 bits per heavy atom. The van der Waals surface area contributed by atoms with Gasteiger partial charge in [-0.2, -0.15) is 11.8 Å². The molecule has 114 valence electrons. The molecule has 1 unspecified atom stereocenters. The lowest BCUT2D eigenvalue weighted by atomic mass is 10.1. The third-order valence-corrected chi connectivity index (χ3v) is 4.70. The van der Waals surface area contributed by atoms with Gasteiger partial charge in [-0.25, -0.2) is 4.39 Å². The van der Waals surface area contributed by atoms with Crippen molar-refractivity contribution in [1.82, 2.24) is 5.32 Å². The van der Waals surface area contributed by atoms with E-state index in [-0.39, 0.29) is 5.82 Å². The van der Waals surface area contributed by atoms with E-state index in [2.05, 4.69) is 26.1 Å². The van der Waals surface area contributed by atoms with E-state index in [1.54, 1.807) is 12.1 Å². The van der Waals surface area contributed by atoms with Crippen LogP contribution in [0.15, 0.2) is 18.2 Å². The molecule has 0 spiro atoms. The topological polar surface area (TPSA) is 12.0 Å². The van der Waals surface area contributed by atoms with Crippen molar-refractivity contribution in [3.05, 3.63) is 34.6 Å². The molecule has 0 saturated carbocycles. The van der Waals surface area contributed by atoms with E-state index < -0.39 is 0 Å². The van der Waals surface area contributed by atoms with Gasteiger partial charge >= 0.3 is 0 Å². The Morgan fingerprint density at radius 2 is 2.05 bits per heavy atom. The van der Waals surface area contributed by atoms with Crippen molar-refractivity contribution < 1.29 is 4.39 Å². The van der Waals surface area contributed by atoms with Gasteiger partial charge in [0.15, 0.2) is 0 Å². The smallest absolute Gasteiger partial charge is 0.126 e. The van der Waals surface area contributed by atoms with Gasteiger partial charge < -0.3 is 5.32 Å². The van der Waals surface area contributed by atoms with E-state index in [0.717, 1.165) is 24.5 Å². The predicted molar refractivity (Wildman–Crippen MR) is 89.4 cm³/mol. The maximum Gasteiger partial charge on any atom is 0.126 e. The zero-order chi connectivity index (χ0) is 15.0. The zero-order valence-electron chi connectivity index (χ0n) is 12.6. The molecule has 1 atom stereocenters. The molecule has 1 N–H and O–H groups in total. The van der Waals surface area contributed by atoms with Gasteiger partial charge in [-0.05, 0) is 54.8 Å². The van der Waals surface area contributed by atoms with Crippen LogP contribution in [0.25, 0.3) is 0 Å². The van der Waals surface area contributed by atoms with Gasteiger partial charge in [0.25, 0.3) is 0 Å². The summed E-state index contributed by atoms with van der Waals surface area (Å²) in [5, 5.41) is 4.11. The Labute approximate surface area is 131 Å². The number of hydrogen-bond acceptors (Lipinski definition) is 2. The molecule has 0 fully saturated rings. The summed E-state index contributed by atoms with van der Waals surface area (Å²) in [5.41, 5.74) is 0.705. The van der Waals surface area contributed by atoms with Gasteiger partial charge in [-0.15, -0.1) is 0 Å². The van der Waals surface area contributed by atoms with Crippen molar-refractivity contribution >= 4 is 23.4 Å². The fourth-order valence-electron chi connectivity index (χ4n) is 1.95. The number of nitrogens with one attached hydrogen (secondary N) is 1. The van der Waals surface area contributed by atoms with Crippen LogP contribution in [0, 0.1) is 11.7 Å². The SMILES string of the molecule is CCCNC(CSCC(C)C)Cc1cc(Cl)ccc1F. The molecular formula is C16H25ClFNS. The van der Waals surface area contributed by atoms with Crippen LogP contribution in [-0.2, 0) is 6.42 Å². The molecule has 0 amide bonds. The van der Waals surface area contributed by atoms with E-state index in [9.17, 15) is 4.39 Å². The van der Waals surface area contributed by atoms with E-state index in [0.29, 0.717) is 29.0 Å². The number of thioether (sulfide) groups is 1. The van der Waals surface area contributed by atoms with Crippen molar-refractivity contribution in [3.63, 3.8) is 0 Å². The van der Waals surface area contributed by atoms with Crippen molar-refractivity contribution in [3.8, 4) is 0 Å². The van der Waals surface area contributed by atoms with Crippen LogP contribution < -0.4 is 5.32 Å². The molecule has 1 rings (SSSR count). The Hall–Kier alpha value is -0.250.